The lowest BCUT2D eigenvalue weighted by Crippen LogP contribution is -2.33. The van der Waals surface area contributed by atoms with E-state index < -0.39 is 21.4 Å². The van der Waals surface area contributed by atoms with E-state index in [9.17, 15) is 13.2 Å². The first-order chi connectivity index (χ1) is 8.08. The van der Waals surface area contributed by atoms with E-state index in [2.05, 4.69) is 0 Å². The van der Waals surface area contributed by atoms with Crippen LogP contribution in [0, 0.1) is 0 Å². The summed E-state index contributed by atoms with van der Waals surface area (Å²) in [5.41, 5.74) is 0.812. The molecule has 0 bridgehead atoms. The first-order valence-electron chi connectivity index (χ1n) is 5.30. The number of carbonyl (C=O) groups excluding carboxylic acids is 1. The number of sulfonamides is 1. The number of amides is 1. The highest BCUT2D eigenvalue weighted by atomic mass is 32.2. The normalized spacial score (nSPS) is 15.3. The van der Waals surface area contributed by atoms with E-state index in [-0.39, 0.29) is 6.61 Å². The molecule has 0 radical (unpaired) electrons. The van der Waals surface area contributed by atoms with Crippen molar-refractivity contribution in [3.05, 3.63) is 35.9 Å². The Kier molecular flexibility index (Phi) is 3.33. The Balaban J connectivity index is 1.82. The Labute approximate surface area is 99.8 Å². The molecule has 92 valence electrons. The number of hydrogen-bond donors (Lipinski definition) is 1. The van der Waals surface area contributed by atoms with E-state index >= 15 is 0 Å². The van der Waals surface area contributed by atoms with Crippen LogP contribution in [0.25, 0.3) is 0 Å². The van der Waals surface area contributed by atoms with Crippen LogP contribution in [0.3, 0.4) is 0 Å². The van der Waals surface area contributed by atoms with Gasteiger partial charge in [-0.3, -0.25) is 0 Å². The number of carbonyl (C=O) groups is 1. The molecule has 1 aliphatic carbocycles. The van der Waals surface area contributed by atoms with Crippen LogP contribution < -0.4 is 4.72 Å². The predicted molar refractivity (Wildman–Crippen MR) is 61.7 cm³/mol. The number of nitrogens with one attached hydrogen (secondary N) is 1. The van der Waals surface area contributed by atoms with E-state index in [0.717, 1.165) is 5.56 Å². The molecule has 0 aromatic heterocycles. The highest BCUT2D eigenvalue weighted by molar-refractivity contribution is 7.90. The van der Waals surface area contributed by atoms with Gasteiger partial charge in [0.05, 0.1) is 5.25 Å². The highest BCUT2D eigenvalue weighted by Gasteiger charge is 2.37. The van der Waals surface area contributed by atoms with Gasteiger partial charge < -0.3 is 4.74 Å². The van der Waals surface area contributed by atoms with Crippen molar-refractivity contribution in [1.29, 1.82) is 0 Å². The van der Waals surface area contributed by atoms with Gasteiger partial charge in [0.1, 0.15) is 6.61 Å². The molecule has 1 fully saturated rings. The number of benzene rings is 1. The summed E-state index contributed by atoms with van der Waals surface area (Å²) in [4.78, 5) is 11.3. The molecule has 1 amide bonds. The predicted octanol–water partition coefficient (Wildman–Crippen LogP) is 1.41. The van der Waals surface area contributed by atoms with Gasteiger partial charge in [-0.15, -0.1) is 0 Å². The summed E-state index contributed by atoms with van der Waals surface area (Å²) in [6.45, 7) is 0.0624. The number of ether oxygens (including phenoxy) is 1. The molecule has 0 unspecified atom stereocenters. The Hall–Kier alpha value is -1.56. The van der Waals surface area contributed by atoms with Crippen molar-refractivity contribution in [2.75, 3.05) is 0 Å². The second-order valence-corrected chi connectivity index (χ2v) is 5.87. The van der Waals surface area contributed by atoms with Crippen LogP contribution in [0.4, 0.5) is 4.79 Å². The monoisotopic (exact) mass is 255 g/mol. The molecule has 0 heterocycles. The van der Waals surface area contributed by atoms with Crippen molar-refractivity contribution < 1.29 is 17.9 Å². The first kappa shape index (κ1) is 11.9. The van der Waals surface area contributed by atoms with Crippen LogP contribution in [-0.4, -0.2) is 19.8 Å². The average Bonchev–Trinajstić information content (AvgIpc) is 3.11. The van der Waals surface area contributed by atoms with E-state index in [1.807, 2.05) is 22.9 Å². The average molecular weight is 255 g/mol. The molecule has 0 saturated heterocycles. The van der Waals surface area contributed by atoms with Gasteiger partial charge in [-0.25, -0.2) is 17.9 Å². The zero-order chi connectivity index (χ0) is 12.3. The summed E-state index contributed by atoms with van der Waals surface area (Å²) in [5, 5.41) is -0.424. The molecular weight excluding hydrogens is 242 g/mol. The van der Waals surface area contributed by atoms with Crippen LogP contribution in [-0.2, 0) is 21.4 Å². The number of rotatable bonds is 4. The molecule has 0 aliphatic heterocycles. The molecule has 1 aromatic rings. The zero-order valence-electron chi connectivity index (χ0n) is 9.13. The topological polar surface area (TPSA) is 72.5 Å². The highest BCUT2D eigenvalue weighted by Crippen LogP contribution is 2.27. The van der Waals surface area contributed by atoms with Gasteiger partial charge in [0, 0.05) is 0 Å². The van der Waals surface area contributed by atoms with Crippen LogP contribution in [0.1, 0.15) is 18.4 Å². The largest absolute Gasteiger partial charge is 0.444 e. The minimum Gasteiger partial charge on any atom is -0.444 e. The van der Waals surface area contributed by atoms with E-state index in [0.29, 0.717) is 12.8 Å². The maximum Gasteiger partial charge on any atom is 0.421 e. The van der Waals surface area contributed by atoms with Gasteiger partial charge in [0.15, 0.2) is 0 Å². The molecule has 17 heavy (non-hydrogen) atoms. The van der Waals surface area contributed by atoms with Crippen LogP contribution in [0.5, 0.6) is 0 Å². The Morgan fingerprint density at radius 1 is 1.29 bits per heavy atom. The van der Waals surface area contributed by atoms with Crippen molar-refractivity contribution in [3.8, 4) is 0 Å². The summed E-state index contributed by atoms with van der Waals surface area (Å²) in [6, 6.07) is 9.07. The SMILES string of the molecule is O=C(NS(=O)(=O)C1CC1)OCc1ccccc1. The summed E-state index contributed by atoms with van der Waals surface area (Å²) >= 11 is 0. The third kappa shape index (κ3) is 3.45. The van der Waals surface area contributed by atoms with Crippen molar-refractivity contribution >= 4 is 16.1 Å². The maximum atomic E-state index is 11.4. The van der Waals surface area contributed by atoms with E-state index in [4.69, 9.17) is 4.74 Å². The van der Waals surface area contributed by atoms with Crippen LogP contribution in [0.2, 0.25) is 0 Å². The lowest BCUT2D eigenvalue weighted by molar-refractivity contribution is 0.146. The van der Waals surface area contributed by atoms with Crippen molar-refractivity contribution in [3.63, 3.8) is 0 Å². The molecule has 5 nitrogen and oxygen atoms in total. The first-order valence-corrected chi connectivity index (χ1v) is 6.85. The summed E-state index contributed by atoms with van der Waals surface area (Å²) in [7, 11) is -3.52. The minimum absolute atomic E-state index is 0.0624. The van der Waals surface area contributed by atoms with Crippen molar-refractivity contribution in [2.45, 2.75) is 24.7 Å². The van der Waals surface area contributed by atoms with Crippen LogP contribution in [0.15, 0.2) is 30.3 Å². The summed E-state index contributed by atoms with van der Waals surface area (Å²) < 4.78 is 29.5. The van der Waals surface area contributed by atoms with Gasteiger partial charge in [0.2, 0.25) is 10.0 Å². The summed E-state index contributed by atoms with van der Waals surface area (Å²) in [6.07, 6.45) is 0.309. The Morgan fingerprint density at radius 2 is 1.94 bits per heavy atom. The third-order valence-corrected chi connectivity index (χ3v) is 4.20. The van der Waals surface area contributed by atoms with E-state index in [1.54, 1.807) is 12.1 Å². The zero-order valence-corrected chi connectivity index (χ0v) is 9.94. The number of hydrogen-bond acceptors (Lipinski definition) is 4. The van der Waals surface area contributed by atoms with E-state index in [1.165, 1.54) is 0 Å². The molecule has 1 aliphatic rings. The molecular formula is C11H13NO4S. The van der Waals surface area contributed by atoms with Gasteiger partial charge in [-0.05, 0) is 18.4 Å². The fraction of sp³-hybridized carbons (Fsp3) is 0.364. The fourth-order valence-electron chi connectivity index (χ4n) is 1.33. The van der Waals surface area contributed by atoms with Crippen LogP contribution >= 0.6 is 0 Å². The van der Waals surface area contributed by atoms with Gasteiger partial charge >= 0.3 is 6.09 Å². The molecule has 0 spiro atoms. The molecule has 1 aromatic carbocycles. The summed E-state index contributed by atoms with van der Waals surface area (Å²) in [5.74, 6) is 0. The van der Waals surface area contributed by atoms with Crippen molar-refractivity contribution in [2.24, 2.45) is 0 Å². The van der Waals surface area contributed by atoms with Gasteiger partial charge in [-0.2, -0.15) is 0 Å². The maximum absolute atomic E-state index is 11.4. The van der Waals surface area contributed by atoms with Gasteiger partial charge in [-0.1, -0.05) is 30.3 Å². The molecule has 1 N–H and O–H groups in total. The smallest absolute Gasteiger partial charge is 0.421 e. The van der Waals surface area contributed by atoms with Crippen molar-refractivity contribution in [1.82, 2.24) is 4.72 Å². The Bertz CT molecular complexity index is 493. The molecule has 6 heteroatoms. The second kappa shape index (κ2) is 4.75. The van der Waals surface area contributed by atoms with Gasteiger partial charge in [0.25, 0.3) is 0 Å². The third-order valence-electron chi connectivity index (χ3n) is 2.40. The fourth-order valence-corrected chi connectivity index (χ4v) is 2.54. The minimum atomic E-state index is -3.52. The lowest BCUT2D eigenvalue weighted by Gasteiger charge is -2.06. The Morgan fingerprint density at radius 3 is 2.53 bits per heavy atom. The lowest BCUT2D eigenvalue weighted by atomic mass is 10.2. The molecule has 1 saturated carbocycles. The quantitative estimate of drug-likeness (QED) is 0.882. The second-order valence-electron chi connectivity index (χ2n) is 3.91. The molecule has 0 atom stereocenters. The standard InChI is InChI=1S/C11H13NO4S/c13-11(12-17(14,15)10-6-7-10)16-8-9-4-2-1-3-5-9/h1-5,10H,6-8H2,(H,12,13). The molecule has 2 rings (SSSR count).